The van der Waals surface area contributed by atoms with Gasteiger partial charge in [-0.25, -0.2) is 4.68 Å². The summed E-state index contributed by atoms with van der Waals surface area (Å²) in [6, 6.07) is 7.90. The third kappa shape index (κ3) is 2.21. The average Bonchev–Trinajstić information content (AvgIpc) is 2.99. The van der Waals surface area contributed by atoms with Gasteiger partial charge < -0.3 is 4.90 Å². The summed E-state index contributed by atoms with van der Waals surface area (Å²) in [6.45, 7) is 3.24. The van der Waals surface area contributed by atoms with Gasteiger partial charge in [0.05, 0.1) is 0 Å². The lowest BCUT2D eigenvalue weighted by molar-refractivity contribution is -0.135. The first-order valence-electron chi connectivity index (χ1n) is 6.34. The average molecular weight is 257 g/mol. The van der Waals surface area contributed by atoms with E-state index in [4.69, 9.17) is 0 Å². The van der Waals surface area contributed by atoms with Gasteiger partial charge in [-0.3, -0.25) is 4.79 Å². The number of aromatic nitrogens is 4. The molecule has 0 bridgehead atoms. The number of carbonyl (C=O) groups is 1. The summed E-state index contributed by atoms with van der Waals surface area (Å²) in [7, 11) is 0. The summed E-state index contributed by atoms with van der Waals surface area (Å²) in [4.78, 5) is 14.3. The fourth-order valence-corrected chi connectivity index (χ4v) is 2.41. The van der Waals surface area contributed by atoms with E-state index < -0.39 is 0 Å². The van der Waals surface area contributed by atoms with Crippen LogP contribution in [0.4, 0.5) is 0 Å². The van der Waals surface area contributed by atoms with E-state index in [-0.39, 0.29) is 11.9 Å². The summed E-state index contributed by atoms with van der Waals surface area (Å²) in [5, 5.41) is 10.9. The van der Waals surface area contributed by atoms with E-state index in [0.717, 1.165) is 13.0 Å². The van der Waals surface area contributed by atoms with Gasteiger partial charge in [-0.1, -0.05) is 24.3 Å². The molecule has 1 atom stereocenters. The highest BCUT2D eigenvalue weighted by Crippen LogP contribution is 2.20. The lowest BCUT2D eigenvalue weighted by Crippen LogP contribution is -2.39. The van der Waals surface area contributed by atoms with Crippen molar-refractivity contribution in [1.82, 2.24) is 25.1 Å². The molecule has 1 aliphatic heterocycles. The molecule has 6 heteroatoms. The van der Waals surface area contributed by atoms with Crippen LogP contribution in [0.15, 0.2) is 30.6 Å². The highest BCUT2D eigenvalue weighted by atomic mass is 16.2. The largest absolute Gasteiger partial charge is 0.336 e. The Labute approximate surface area is 111 Å². The van der Waals surface area contributed by atoms with Gasteiger partial charge in [0.15, 0.2) is 0 Å². The summed E-state index contributed by atoms with van der Waals surface area (Å²) >= 11 is 0. The Morgan fingerprint density at radius 1 is 1.32 bits per heavy atom. The number of nitrogens with zero attached hydrogens (tertiary/aromatic N) is 5. The van der Waals surface area contributed by atoms with E-state index in [9.17, 15) is 4.79 Å². The van der Waals surface area contributed by atoms with Gasteiger partial charge in [-0.05, 0) is 34.9 Å². The zero-order valence-corrected chi connectivity index (χ0v) is 10.7. The van der Waals surface area contributed by atoms with E-state index in [1.165, 1.54) is 22.1 Å². The Morgan fingerprint density at radius 3 is 2.84 bits per heavy atom. The van der Waals surface area contributed by atoms with Crippen LogP contribution in [0, 0.1) is 0 Å². The number of hydrogen-bond acceptors (Lipinski definition) is 4. The standard InChI is InChI=1S/C13H15N5O/c1-10(18-9-14-15-16-18)13(19)17-7-6-11-4-2-3-5-12(11)8-17/h2-5,9-10H,6-8H2,1H3. The van der Waals surface area contributed by atoms with Crippen molar-refractivity contribution in [2.24, 2.45) is 0 Å². The molecule has 1 aromatic carbocycles. The molecule has 0 radical (unpaired) electrons. The minimum absolute atomic E-state index is 0.0572. The molecule has 2 aromatic rings. The van der Waals surface area contributed by atoms with Gasteiger partial charge in [0.25, 0.3) is 0 Å². The maximum Gasteiger partial charge on any atom is 0.247 e. The quantitative estimate of drug-likeness (QED) is 0.799. The van der Waals surface area contributed by atoms with E-state index >= 15 is 0 Å². The number of fused-ring (bicyclic) bond motifs is 1. The highest BCUT2D eigenvalue weighted by molar-refractivity contribution is 5.80. The van der Waals surface area contributed by atoms with Crippen LogP contribution >= 0.6 is 0 Å². The lowest BCUT2D eigenvalue weighted by atomic mass is 9.99. The maximum absolute atomic E-state index is 12.4. The molecule has 0 spiro atoms. The molecule has 6 nitrogen and oxygen atoms in total. The minimum atomic E-state index is -0.361. The zero-order valence-electron chi connectivity index (χ0n) is 10.7. The first-order chi connectivity index (χ1) is 9.25. The smallest absolute Gasteiger partial charge is 0.247 e. The van der Waals surface area contributed by atoms with Crippen LogP contribution in [0.2, 0.25) is 0 Å². The second-order valence-electron chi connectivity index (χ2n) is 4.74. The fraction of sp³-hybridized carbons (Fsp3) is 0.385. The number of amides is 1. The summed E-state index contributed by atoms with van der Waals surface area (Å²) in [5.41, 5.74) is 2.56. The van der Waals surface area contributed by atoms with E-state index in [0.29, 0.717) is 6.54 Å². The second-order valence-corrected chi connectivity index (χ2v) is 4.74. The molecule has 1 amide bonds. The van der Waals surface area contributed by atoms with Crippen molar-refractivity contribution in [3.8, 4) is 0 Å². The number of tetrazole rings is 1. The van der Waals surface area contributed by atoms with Crippen molar-refractivity contribution in [3.63, 3.8) is 0 Å². The lowest BCUT2D eigenvalue weighted by Gasteiger charge is -2.30. The van der Waals surface area contributed by atoms with Gasteiger partial charge >= 0.3 is 0 Å². The zero-order chi connectivity index (χ0) is 13.2. The third-order valence-corrected chi connectivity index (χ3v) is 3.56. The Hall–Kier alpha value is -2.24. The van der Waals surface area contributed by atoms with Crippen LogP contribution in [0.5, 0.6) is 0 Å². The summed E-state index contributed by atoms with van der Waals surface area (Å²) in [5.74, 6) is 0.0572. The monoisotopic (exact) mass is 257 g/mol. The van der Waals surface area contributed by atoms with Crippen molar-refractivity contribution in [2.75, 3.05) is 6.54 Å². The molecule has 0 aliphatic carbocycles. The second kappa shape index (κ2) is 4.79. The van der Waals surface area contributed by atoms with Crippen LogP contribution in [0.3, 0.4) is 0 Å². The van der Waals surface area contributed by atoms with Gasteiger partial charge in [-0.2, -0.15) is 0 Å². The molecule has 1 unspecified atom stereocenters. The van der Waals surface area contributed by atoms with Gasteiger partial charge in [0, 0.05) is 13.1 Å². The fourth-order valence-electron chi connectivity index (χ4n) is 2.41. The van der Waals surface area contributed by atoms with Crippen LogP contribution in [-0.2, 0) is 17.8 Å². The minimum Gasteiger partial charge on any atom is -0.336 e. The Morgan fingerprint density at radius 2 is 2.11 bits per heavy atom. The molecule has 1 aromatic heterocycles. The van der Waals surface area contributed by atoms with Gasteiger partial charge in [0.2, 0.25) is 5.91 Å². The SMILES string of the molecule is CC(C(=O)N1CCc2ccccc2C1)n1cnnn1. The summed E-state index contributed by atoms with van der Waals surface area (Å²) < 4.78 is 1.49. The first kappa shape index (κ1) is 11.8. The molecule has 0 saturated heterocycles. The molecule has 3 rings (SSSR count). The van der Waals surface area contributed by atoms with Gasteiger partial charge in [-0.15, -0.1) is 5.10 Å². The predicted molar refractivity (Wildman–Crippen MR) is 68.1 cm³/mol. The molecule has 1 aliphatic rings. The number of benzene rings is 1. The van der Waals surface area contributed by atoms with Crippen molar-refractivity contribution < 1.29 is 4.79 Å². The van der Waals surface area contributed by atoms with E-state index in [1.54, 1.807) is 0 Å². The molecule has 0 N–H and O–H groups in total. The summed E-state index contributed by atoms with van der Waals surface area (Å²) in [6.07, 6.45) is 2.38. The van der Waals surface area contributed by atoms with Crippen LogP contribution < -0.4 is 0 Å². The number of rotatable bonds is 2. The van der Waals surface area contributed by atoms with Crippen molar-refractivity contribution in [2.45, 2.75) is 25.9 Å². The number of hydrogen-bond donors (Lipinski definition) is 0. The van der Waals surface area contributed by atoms with Crippen molar-refractivity contribution >= 4 is 5.91 Å². The van der Waals surface area contributed by atoms with Crippen LogP contribution in [-0.4, -0.2) is 37.6 Å². The molecule has 0 saturated carbocycles. The third-order valence-electron chi connectivity index (χ3n) is 3.56. The molecule has 19 heavy (non-hydrogen) atoms. The van der Waals surface area contributed by atoms with Gasteiger partial charge in [0.1, 0.15) is 12.4 Å². The molecular formula is C13H15N5O. The Bertz CT molecular complexity index is 580. The molecule has 98 valence electrons. The Balaban J connectivity index is 1.76. The topological polar surface area (TPSA) is 63.9 Å². The highest BCUT2D eigenvalue weighted by Gasteiger charge is 2.25. The first-order valence-corrected chi connectivity index (χ1v) is 6.34. The van der Waals surface area contributed by atoms with Crippen LogP contribution in [0.25, 0.3) is 0 Å². The van der Waals surface area contributed by atoms with E-state index in [1.807, 2.05) is 24.0 Å². The normalized spacial score (nSPS) is 15.9. The van der Waals surface area contributed by atoms with Crippen molar-refractivity contribution in [1.29, 1.82) is 0 Å². The van der Waals surface area contributed by atoms with Crippen LogP contribution in [0.1, 0.15) is 24.1 Å². The Kier molecular flexibility index (Phi) is 2.98. The van der Waals surface area contributed by atoms with Crippen molar-refractivity contribution in [3.05, 3.63) is 41.7 Å². The molecule has 2 heterocycles. The predicted octanol–water partition coefficient (Wildman–Crippen LogP) is 0.819. The maximum atomic E-state index is 12.4. The molecular weight excluding hydrogens is 242 g/mol. The van der Waals surface area contributed by atoms with E-state index in [2.05, 4.69) is 27.7 Å². The molecule has 0 fully saturated rings. The number of carbonyl (C=O) groups excluding carboxylic acids is 1.